The van der Waals surface area contributed by atoms with Crippen LogP contribution in [-0.2, 0) is 28.7 Å². The standard InChI is InChI=1S/C36H64O6/c1-9-11-13-15-31-17-18-32(19-25(3)27(5)23-41-35(39)21-29(7)37)34(33(31)16-14-12-10-2)20-26(4)28(6)24-42-36(40)22-30(8)38/h25-28,31-34H,9-24H2,1-8H3. The third-order valence-corrected chi connectivity index (χ3v) is 10.1. The molecule has 0 amide bonds. The van der Waals surface area contributed by atoms with Crippen LogP contribution in [0.15, 0.2) is 0 Å². The highest BCUT2D eigenvalue weighted by Gasteiger charge is 2.40. The molecule has 0 saturated heterocycles. The Morgan fingerprint density at radius 1 is 0.595 bits per heavy atom. The smallest absolute Gasteiger partial charge is 0.313 e. The highest BCUT2D eigenvalue weighted by molar-refractivity contribution is 5.94. The predicted molar refractivity (Wildman–Crippen MR) is 170 cm³/mol. The second-order valence-electron chi connectivity index (χ2n) is 13.9. The van der Waals surface area contributed by atoms with Gasteiger partial charge in [-0.15, -0.1) is 0 Å². The molecular weight excluding hydrogens is 528 g/mol. The lowest BCUT2D eigenvalue weighted by molar-refractivity contribution is -0.149. The van der Waals surface area contributed by atoms with Gasteiger partial charge >= 0.3 is 11.9 Å². The molecule has 0 spiro atoms. The molecule has 0 aliphatic heterocycles. The summed E-state index contributed by atoms with van der Waals surface area (Å²) in [4.78, 5) is 46.6. The molecule has 1 aliphatic rings. The summed E-state index contributed by atoms with van der Waals surface area (Å²) in [6.07, 6.45) is 14.8. The third-order valence-electron chi connectivity index (χ3n) is 10.1. The van der Waals surface area contributed by atoms with Gasteiger partial charge in [-0.3, -0.25) is 19.2 Å². The van der Waals surface area contributed by atoms with Crippen molar-refractivity contribution in [1.82, 2.24) is 0 Å². The molecule has 6 nitrogen and oxygen atoms in total. The summed E-state index contributed by atoms with van der Waals surface area (Å²) in [5.41, 5.74) is 0. The Morgan fingerprint density at radius 2 is 1.05 bits per heavy atom. The zero-order chi connectivity index (χ0) is 31.7. The van der Waals surface area contributed by atoms with Crippen LogP contribution in [0.1, 0.15) is 145 Å². The van der Waals surface area contributed by atoms with Crippen molar-refractivity contribution in [3.05, 3.63) is 0 Å². The first-order valence-electron chi connectivity index (χ1n) is 17.2. The van der Waals surface area contributed by atoms with Crippen molar-refractivity contribution in [3.8, 4) is 0 Å². The van der Waals surface area contributed by atoms with Crippen LogP contribution in [0.25, 0.3) is 0 Å². The van der Waals surface area contributed by atoms with E-state index in [0.29, 0.717) is 36.9 Å². The van der Waals surface area contributed by atoms with E-state index in [1.807, 2.05) is 0 Å². The number of carbonyl (C=O) groups excluding carboxylic acids is 4. The summed E-state index contributed by atoms with van der Waals surface area (Å²) >= 11 is 0. The molecule has 8 atom stereocenters. The van der Waals surface area contributed by atoms with Crippen molar-refractivity contribution >= 4 is 23.5 Å². The monoisotopic (exact) mass is 592 g/mol. The minimum absolute atomic E-state index is 0.148. The van der Waals surface area contributed by atoms with Gasteiger partial charge in [0.15, 0.2) is 0 Å². The van der Waals surface area contributed by atoms with Crippen molar-refractivity contribution in [3.63, 3.8) is 0 Å². The van der Waals surface area contributed by atoms with Crippen LogP contribution in [-0.4, -0.2) is 36.7 Å². The number of ether oxygens (including phenoxy) is 2. The van der Waals surface area contributed by atoms with Crippen LogP contribution in [0.3, 0.4) is 0 Å². The average molecular weight is 593 g/mol. The normalized spacial score (nSPS) is 23.4. The second kappa shape index (κ2) is 21.1. The summed E-state index contributed by atoms with van der Waals surface area (Å²) in [5, 5.41) is 0. The molecule has 0 N–H and O–H groups in total. The predicted octanol–water partition coefficient (Wildman–Crippen LogP) is 8.77. The lowest BCUT2D eigenvalue weighted by Crippen LogP contribution is -2.38. The maximum atomic E-state index is 12.0. The highest BCUT2D eigenvalue weighted by atomic mass is 16.5. The number of Topliss-reactive ketones (excluding diaryl/α,β-unsaturated/α-hetero) is 2. The lowest BCUT2D eigenvalue weighted by Gasteiger charge is -2.46. The molecule has 0 aromatic carbocycles. The molecule has 0 aromatic rings. The van der Waals surface area contributed by atoms with E-state index >= 15 is 0 Å². The van der Waals surface area contributed by atoms with Gasteiger partial charge < -0.3 is 9.47 Å². The van der Waals surface area contributed by atoms with Crippen molar-refractivity contribution in [2.75, 3.05) is 13.2 Å². The van der Waals surface area contributed by atoms with Crippen molar-refractivity contribution in [1.29, 1.82) is 0 Å². The fourth-order valence-corrected chi connectivity index (χ4v) is 6.97. The SMILES string of the molecule is CCCCCC1CCC(CC(C)C(C)COC(=O)CC(C)=O)C(CC(C)C(C)COC(=O)CC(C)=O)C1CCCCC. The first-order valence-corrected chi connectivity index (χ1v) is 17.2. The summed E-state index contributed by atoms with van der Waals surface area (Å²) in [5.74, 6) is 2.88. The third kappa shape index (κ3) is 15.1. The van der Waals surface area contributed by atoms with Gasteiger partial charge in [0.25, 0.3) is 0 Å². The minimum atomic E-state index is -0.421. The maximum Gasteiger partial charge on any atom is 0.313 e. The van der Waals surface area contributed by atoms with Gasteiger partial charge in [-0.2, -0.15) is 0 Å². The number of ketones is 2. The van der Waals surface area contributed by atoms with Gasteiger partial charge in [-0.25, -0.2) is 0 Å². The molecule has 1 saturated carbocycles. The maximum absolute atomic E-state index is 12.0. The van der Waals surface area contributed by atoms with Crippen molar-refractivity contribution < 1.29 is 28.7 Å². The number of hydrogen-bond acceptors (Lipinski definition) is 6. The summed E-state index contributed by atoms with van der Waals surface area (Å²) in [6.45, 7) is 17.1. The summed E-state index contributed by atoms with van der Waals surface area (Å²) in [6, 6.07) is 0. The Balaban J connectivity index is 3.05. The van der Waals surface area contributed by atoms with Gasteiger partial charge in [0.2, 0.25) is 0 Å². The molecule has 1 aliphatic carbocycles. The number of carbonyl (C=O) groups is 4. The second-order valence-corrected chi connectivity index (χ2v) is 13.9. The van der Waals surface area contributed by atoms with E-state index in [9.17, 15) is 19.2 Å². The lowest BCUT2D eigenvalue weighted by atomic mass is 9.59. The number of esters is 2. The Bertz CT molecular complexity index is 807. The number of hydrogen-bond donors (Lipinski definition) is 0. The van der Waals surface area contributed by atoms with E-state index in [1.165, 1.54) is 78.1 Å². The largest absolute Gasteiger partial charge is 0.465 e. The van der Waals surface area contributed by atoms with Gasteiger partial charge in [-0.05, 0) is 93.3 Å². The van der Waals surface area contributed by atoms with Gasteiger partial charge in [0, 0.05) is 0 Å². The number of unbranched alkanes of at least 4 members (excludes halogenated alkanes) is 4. The fourth-order valence-electron chi connectivity index (χ4n) is 6.97. The molecule has 0 aromatic heterocycles. The van der Waals surface area contributed by atoms with Crippen molar-refractivity contribution in [2.24, 2.45) is 47.3 Å². The fraction of sp³-hybridized carbons (Fsp3) is 0.889. The Morgan fingerprint density at radius 3 is 1.52 bits per heavy atom. The molecule has 8 unspecified atom stereocenters. The van der Waals surface area contributed by atoms with E-state index in [4.69, 9.17) is 9.47 Å². The van der Waals surface area contributed by atoms with Crippen LogP contribution in [0.5, 0.6) is 0 Å². The summed E-state index contributed by atoms with van der Waals surface area (Å²) < 4.78 is 10.9. The van der Waals surface area contributed by atoms with E-state index in [-0.39, 0.29) is 36.2 Å². The van der Waals surface area contributed by atoms with E-state index < -0.39 is 11.9 Å². The quantitative estimate of drug-likeness (QED) is 0.0709. The minimum Gasteiger partial charge on any atom is -0.465 e. The Labute approximate surface area is 257 Å². The topological polar surface area (TPSA) is 86.7 Å². The zero-order valence-electron chi connectivity index (χ0n) is 28.4. The molecule has 1 fully saturated rings. The molecule has 1 rings (SSSR count). The molecule has 0 heterocycles. The number of rotatable bonds is 22. The highest BCUT2D eigenvalue weighted by Crippen LogP contribution is 2.49. The molecule has 0 radical (unpaired) electrons. The Hall–Kier alpha value is -1.72. The van der Waals surface area contributed by atoms with Gasteiger partial charge in [0.05, 0.1) is 13.2 Å². The van der Waals surface area contributed by atoms with Crippen molar-refractivity contribution in [2.45, 2.75) is 145 Å². The molecule has 6 heteroatoms. The van der Waals surface area contributed by atoms with Crippen LogP contribution < -0.4 is 0 Å². The van der Waals surface area contributed by atoms with E-state index in [1.54, 1.807) is 0 Å². The molecular formula is C36H64O6. The van der Waals surface area contributed by atoms with Crippen LogP contribution in [0.2, 0.25) is 0 Å². The van der Waals surface area contributed by atoms with Crippen LogP contribution in [0, 0.1) is 47.3 Å². The molecule has 42 heavy (non-hydrogen) atoms. The first kappa shape index (κ1) is 38.3. The Kier molecular flexibility index (Phi) is 19.2. The summed E-state index contributed by atoms with van der Waals surface area (Å²) in [7, 11) is 0. The average Bonchev–Trinajstić information content (AvgIpc) is 2.91. The van der Waals surface area contributed by atoms with Gasteiger partial charge in [0.1, 0.15) is 24.4 Å². The molecule has 0 bridgehead atoms. The van der Waals surface area contributed by atoms with Crippen LogP contribution >= 0.6 is 0 Å². The van der Waals surface area contributed by atoms with Gasteiger partial charge in [-0.1, -0.05) is 86.5 Å². The first-order chi connectivity index (χ1) is 19.9. The van der Waals surface area contributed by atoms with E-state index in [0.717, 1.165) is 24.7 Å². The molecule has 244 valence electrons. The van der Waals surface area contributed by atoms with Crippen LogP contribution in [0.4, 0.5) is 0 Å². The van der Waals surface area contributed by atoms with E-state index in [2.05, 4.69) is 41.5 Å². The zero-order valence-corrected chi connectivity index (χ0v) is 28.4.